The number of hydrogen-bond donors (Lipinski definition) is 0. The first-order chi connectivity index (χ1) is 12.4. The number of benzene rings is 1. The number of rotatable bonds is 8. The van der Waals surface area contributed by atoms with Crippen molar-refractivity contribution in [3.05, 3.63) is 45.7 Å². The Labute approximate surface area is 159 Å². The van der Waals surface area contributed by atoms with Crippen molar-refractivity contribution in [1.29, 1.82) is 5.26 Å². The Balaban J connectivity index is 2.22. The van der Waals surface area contributed by atoms with Crippen molar-refractivity contribution >= 4 is 17.4 Å². The Bertz CT molecular complexity index is 850. The van der Waals surface area contributed by atoms with Crippen LogP contribution in [-0.4, -0.2) is 23.6 Å². The van der Waals surface area contributed by atoms with Crippen molar-refractivity contribution in [2.75, 3.05) is 13.2 Å². The molecule has 0 aliphatic rings. The highest BCUT2D eigenvalue weighted by molar-refractivity contribution is 6.32. The third-order valence-electron chi connectivity index (χ3n) is 4.11. The van der Waals surface area contributed by atoms with Gasteiger partial charge in [-0.15, -0.1) is 0 Å². The molecule has 0 amide bonds. The second-order valence-electron chi connectivity index (χ2n) is 5.98. The summed E-state index contributed by atoms with van der Waals surface area (Å²) in [7, 11) is 0. The molecule has 1 heterocycles. The van der Waals surface area contributed by atoms with Crippen LogP contribution in [0, 0.1) is 25.2 Å². The van der Waals surface area contributed by atoms with Crippen LogP contribution < -0.4 is 9.47 Å². The van der Waals surface area contributed by atoms with E-state index in [0.29, 0.717) is 23.5 Å². The van der Waals surface area contributed by atoms with E-state index >= 15 is 0 Å². The minimum absolute atomic E-state index is 0.122. The molecule has 1 aromatic carbocycles. The number of nitriles is 1. The third kappa shape index (κ3) is 4.20. The molecule has 5 nitrogen and oxygen atoms in total. The number of carbonyl (C=O) groups excluding carboxylic acids is 1. The van der Waals surface area contributed by atoms with Gasteiger partial charge in [-0.25, -0.2) is 0 Å². The van der Waals surface area contributed by atoms with Gasteiger partial charge < -0.3 is 14.0 Å². The summed E-state index contributed by atoms with van der Waals surface area (Å²) in [5.41, 5.74) is 3.02. The van der Waals surface area contributed by atoms with Gasteiger partial charge in [0.05, 0.1) is 23.3 Å². The van der Waals surface area contributed by atoms with Crippen LogP contribution in [0.2, 0.25) is 5.02 Å². The highest BCUT2D eigenvalue weighted by Gasteiger charge is 2.18. The van der Waals surface area contributed by atoms with E-state index in [1.807, 2.05) is 32.9 Å². The van der Waals surface area contributed by atoms with Crippen LogP contribution in [-0.2, 0) is 6.54 Å². The maximum Gasteiger partial charge on any atom is 0.202 e. The molecule has 2 rings (SSSR count). The molecule has 26 heavy (non-hydrogen) atoms. The predicted octanol–water partition coefficient (Wildman–Crippen LogP) is 4.70. The SMILES string of the molecule is CCCn1c(C)cc(C(=O)COc2c(Cl)cc(C#N)cc2OCC)c1C. The zero-order valence-electron chi connectivity index (χ0n) is 15.6. The fraction of sp³-hybridized carbons (Fsp3) is 0.400. The number of aromatic nitrogens is 1. The molecule has 0 saturated heterocycles. The Kier molecular flexibility index (Phi) is 6.70. The first-order valence-corrected chi connectivity index (χ1v) is 8.99. The predicted molar refractivity (Wildman–Crippen MR) is 101 cm³/mol. The molecule has 0 spiro atoms. The second-order valence-corrected chi connectivity index (χ2v) is 6.39. The lowest BCUT2D eigenvalue weighted by atomic mass is 10.1. The smallest absolute Gasteiger partial charge is 0.202 e. The van der Waals surface area contributed by atoms with Crippen LogP contribution >= 0.6 is 11.6 Å². The van der Waals surface area contributed by atoms with Crippen molar-refractivity contribution in [3.8, 4) is 17.6 Å². The number of aryl methyl sites for hydroxylation is 1. The maximum atomic E-state index is 12.6. The van der Waals surface area contributed by atoms with Gasteiger partial charge in [0.2, 0.25) is 5.78 Å². The molecule has 0 fully saturated rings. The molecule has 0 aliphatic heterocycles. The normalized spacial score (nSPS) is 10.5. The van der Waals surface area contributed by atoms with Gasteiger partial charge in [-0.05, 0) is 39.3 Å². The lowest BCUT2D eigenvalue weighted by molar-refractivity contribution is 0.0918. The average Bonchev–Trinajstić information content (AvgIpc) is 2.89. The van der Waals surface area contributed by atoms with E-state index in [1.54, 1.807) is 6.07 Å². The molecule has 138 valence electrons. The summed E-state index contributed by atoms with van der Waals surface area (Å²) in [5.74, 6) is 0.521. The van der Waals surface area contributed by atoms with Crippen molar-refractivity contribution in [2.45, 2.75) is 40.7 Å². The van der Waals surface area contributed by atoms with E-state index in [-0.39, 0.29) is 23.2 Å². The highest BCUT2D eigenvalue weighted by Crippen LogP contribution is 2.36. The summed E-state index contributed by atoms with van der Waals surface area (Å²) in [4.78, 5) is 12.6. The topological polar surface area (TPSA) is 64.2 Å². The summed E-state index contributed by atoms with van der Waals surface area (Å²) >= 11 is 6.21. The lowest BCUT2D eigenvalue weighted by Gasteiger charge is -2.13. The number of halogens is 1. The molecule has 0 atom stereocenters. The summed E-state index contributed by atoms with van der Waals surface area (Å²) in [6.45, 7) is 8.98. The largest absolute Gasteiger partial charge is 0.490 e. The zero-order chi connectivity index (χ0) is 19.3. The zero-order valence-corrected chi connectivity index (χ0v) is 16.3. The molecule has 1 aromatic heterocycles. The van der Waals surface area contributed by atoms with E-state index in [4.69, 9.17) is 26.3 Å². The van der Waals surface area contributed by atoms with Gasteiger partial charge >= 0.3 is 0 Å². The van der Waals surface area contributed by atoms with Crippen LogP contribution in [0.4, 0.5) is 0 Å². The van der Waals surface area contributed by atoms with E-state index in [2.05, 4.69) is 11.5 Å². The molecule has 2 aromatic rings. The average molecular weight is 375 g/mol. The van der Waals surface area contributed by atoms with E-state index in [0.717, 1.165) is 24.4 Å². The van der Waals surface area contributed by atoms with Gasteiger partial charge in [0, 0.05) is 29.6 Å². The first-order valence-electron chi connectivity index (χ1n) is 8.62. The van der Waals surface area contributed by atoms with Gasteiger partial charge in [-0.2, -0.15) is 5.26 Å². The number of nitrogens with zero attached hydrogens (tertiary/aromatic N) is 2. The van der Waals surface area contributed by atoms with Crippen molar-refractivity contribution in [2.24, 2.45) is 0 Å². The summed E-state index contributed by atoms with van der Waals surface area (Å²) in [6, 6.07) is 6.97. The van der Waals surface area contributed by atoms with Gasteiger partial charge in [-0.3, -0.25) is 4.79 Å². The van der Waals surface area contributed by atoms with Gasteiger partial charge in [0.1, 0.15) is 0 Å². The fourth-order valence-corrected chi connectivity index (χ4v) is 3.17. The summed E-state index contributed by atoms with van der Waals surface area (Å²) < 4.78 is 13.3. The maximum absolute atomic E-state index is 12.6. The number of ketones is 1. The Hall–Kier alpha value is -2.45. The van der Waals surface area contributed by atoms with Crippen LogP contribution in [0.5, 0.6) is 11.5 Å². The number of carbonyl (C=O) groups is 1. The van der Waals surface area contributed by atoms with E-state index < -0.39 is 0 Å². The molecule has 0 N–H and O–H groups in total. The highest BCUT2D eigenvalue weighted by atomic mass is 35.5. The van der Waals surface area contributed by atoms with Crippen LogP contribution in [0.15, 0.2) is 18.2 Å². The first kappa shape index (κ1) is 19.9. The Morgan fingerprint density at radius 3 is 2.58 bits per heavy atom. The molecule has 0 saturated carbocycles. The molecule has 0 unspecified atom stereocenters. The number of ether oxygens (including phenoxy) is 2. The number of Topliss-reactive ketones (excluding diaryl/α,β-unsaturated/α-hetero) is 1. The number of hydrogen-bond acceptors (Lipinski definition) is 4. The van der Waals surface area contributed by atoms with Crippen molar-refractivity contribution in [3.63, 3.8) is 0 Å². The quantitative estimate of drug-likeness (QED) is 0.628. The third-order valence-corrected chi connectivity index (χ3v) is 4.39. The van der Waals surface area contributed by atoms with Crippen LogP contribution in [0.3, 0.4) is 0 Å². The van der Waals surface area contributed by atoms with Crippen molar-refractivity contribution < 1.29 is 14.3 Å². The molecular weight excluding hydrogens is 352 g/mol. The van der Waals surface area contributed by atoms with Gasteiger partial charge in [0.15, 0.2) is 18.1 Å². The standard InChI is InChI=1S/C20H23ClN2O3/c1-5-7-23-13(3)8-16(14(23)4)18(24)12-26-20-17(21)9-15(11-22)10-19(20)25-6-2/h8-10H,5-7,12H2,1-4H3. The molecule has 6 heteroatoms. The van der Waals surface area contributed by atoms with Gasteiger partial charge in [0.25, 0.3) is 0 Å². The lowest BCUT2D eigenvalue weighted by Crippen LogP contribution is -2.14. The minimum atomic E-state index is -0.151. The van der Waals surface area contributed by atoms with Crippen LogP contribution in [0.1, 0.15) is 47.6 Å². The molecular formula is C20H23ClN2O3. The van der Waals surface area contributed by atoms with E-state index in [1.165, 1.54) is 6.07 Å². The van der Waals surface area contributed by atoms with Crippen molar-refractivity contribution in [1.82, 2.24) is 4.57 Å². The fourth-order valence-electron chi connectivity index (χ4n) is 2.90. The summed E-state index contributed by atoms with van der Waals surface area (Å²) in [5, 5.41) is 9.30. The molecule has 0 radical (unpaired) electrons. The Morgan fingerprint density at radius 1 is 1.23 bits per heavy atom. The Morgan fingerprint density at radius 2 is 1.96 bits per heavy atom. The monoisotopic (exact) mass is 374 g/mol. The van der Waals surface area contributed by atoms with E-state index in [9.17, 15) is 4.79 Å². The molecule has 0 aliphatic carbocycles. The van der Waals surface area contributed by atoms with Crippen LogP contribution in [0.25, 0.3) is 0 Å². The summed E-state index contributed by atoms with van der Waals surface area (Å²) in [6.07, 6.45) is 0.999. The minimum Gasteiger partial charge on any atom is -0.490 e. The van der Waals surface area contributed by atoms with Gasteiger partial charge in [-0.1, -0.05) is 18.5 Å². The second kappa shape index (κ2) is 8.77. The molecule has 0 bridgehead atoms.